The Morgan fingerprint density at radius 2 is 2.12 bits per heavy atom. The van der Waals surface area contributed by atoms with E-state index >= 15 is 0 Å². The number of hydrogen-bond donors (Lipinski definition) is 2. The molecule has 1 amide bonds. The molecule has 1 aliphatic carbocycles. The molecular formula is C18H18N4O2. The van der Waals surface area contributed by atoms with Gasteiger partial charge in [-0.25, -0.2) is 4.68 Å². The van der Waals surface area contributed by atoms with Crippen molar-refractivity contribution in [2.75, 3.05) is 6.54 Å². The zero-order valence-corrected chi connectivity index (χ0v) is 13.2. The van der Waals surface area contributed by atoms with Crippen LogP contribution in [0.3, 0.4) is 0 Å². The number of aromatic amines is 1. The smallest absolute Gasteiger partial charge is 0.267 e. The highest BCUT2D eigenvalue weighted by molar-refractivity contribution is 5.97. The number of aryl methyl sites for hydroxylation is 2. The van der Waals surface area contributed by atoms with Crippen molar-refractivity contribution in [1.82, 2.24) is 20.1 Å². The SMILES string of the molecule is O=C(NCCn1nc2c(cc1=O)CCC2)c1cc2ccccc2[nH]1. The van der Waals surface area contributed by atoms with Crippen molar-refractivity contribution in [2.24, 2.45) is 0 Å². The van der Waals surface area contributed by atoms with Crippen molar-refractivity contribution < 1.29 is 4.79 Å². The molecule has 122 valence electrons. The van der Waals surface area contributed by atoms with Gasteiger partial charge in [0.25, 0.3) is 11.5 Å². The minimum absolute atomic E-state index is 0.101. The quantitative estimate of drug-likeness (QED) is 0.766. The predicted octanol–water partition coefficient (Wildman–Crippen LogP) is 1.64. The molecule has 24 heavy (non-hydrogen) atoms. The van der Waals surface area contributed by atoms with Crippen LogP contribution >= 0.6 is 0 Å². The summed E-state index contributed by atoms with van der Waals surface area (Å²) < 4.78 is 1.44. The van der Waals surface area contributed by atoms with E-state index in [1.807, 2.05) is 30.3 Å². The summed E-state index contributed by atoms with van der Waals surface area (Å²) in [6, 6.07) is 11.2. The fourth-order valence-corrected chi connectivity index (χ4v) is 3.17. The number of hydrogen-bond acceptors (Lipinski definition) is 3. The zero-order chi connectivity index (χ0) is 16.5. The van der Waals surface area contributed by atoms with E-state index in [-0.39, 0.29) is 11.5 Å². The van der Waals surface area contributed by atoms with Crippen LogP contribution in [0.1, 0.15) is 28.2 Å². The number of rotatable bonds is 4. The van der Waals surface area contributed by atoms with Crippen LogP contribution in [0, 0.1) is 0 Å². The van der Waals surface area contributed by atoms with Gasteiger partial charge in [-0.05, 0) is 37.0 Å². The molecule has 0 bridgehead atoms. The second-order valence-electron chi connectivity index (χ2n) is 6.06. The van der Waals surface area contributed by atoms with E-state index in [4.69, 9.17) is 0 Å². The van der Waals surface area contributed by atoms with Gasteiger partial charge < -0.3 is 10.3 Å². The Hall–Kier alpha value is -2.89. The van der Waals surface area contributed by atoms with Crippen molar-refractivity contribution >= 4 is 16.8 Å². The maximum atomic E-state index is 12.2. The number of para-hydroxylation sites is 1. The molecule has 0 unspecified atom stereocenters. The first-order valence-electron chi connectivity index (χ1n) is 8.16. The molecule has 1 aromatic carbocycles. The second kappa shape index (κ2) is 5.96. The summed E-state index contributed by atoms with van der Waals surface area (Å²) in [5, 5.41) is 8.23. The molecule has 2 aromatic heterocycles. The third-order valence-corrected chi connectivity index (χ3v) is 4.41. The first kappa shape index (κ1) is 14.7. The minimum Gasteiger partial charge on any atom is -0.351 e. The molecule has 2 heterocycles. The number of carbonyl (C=O) groups excluding carboxylic acids is 1. The lowest BCUT2D eigenvalue weighted by Gasteiger charge is -2.07. The molecule has 0 radical (unpaired) electrons. The molecule has 0 saturated carbocycles. The molecule has 0 saturated heterocycles. The first-order chi connectivity index (χ1) is 11.7. The van der Waals surface area contributed by atoms with Gasteiger partial charge in [-0.1, -0.05) is 18.2 Å². The Kier molecular flexibility index (Phi) is 3.65. The van der Waals surface area contributed by atoms with Crippen molar-refractivity contribution in [1.29, 1.82) is 0 Å². The zero-order valence-electron chi connectivity index (χ0n) is 13.2. The van der Waals surface area contributed by atoms with E-state index in [1.165, 1.54) is 4.68 Å². The van der Waals surface area contributed by atoms with Crippen molar-refractivity contribution in [3.63, 3.8) is 0 Å². The maximum absolute atomic E-state index is 12.2. The lowest BCUT2D eigenvalue weighted by atomic mass is 10.2. The second-order valence-corrected chi connectivity index (χ2v) is 6.06. The normalized spacial score (nSPS) is 13.2. The summed E-state index contributed by atoms with van der Waals surface area (Å²) in [5.41, 5.74) is 3.43. The molecule has 2 N–H and O–H groups in total. The monoisotopic (exact) mass is 322 g/mol. The third-order valence-electron chi connectivity index (χ3n) is 4.41. The fourth-order valence-electron chi connectivity index (χ4n) is 3.17. The van der Waals surface area contributed by atoms with Gasteiger partial charge in [-0.15, -0.1) is 0 Å². The minimum atomic E-state index is -0.180. The summed E-state index contributed by atoms with van der Waals surface area (Å²) in [5.74, 6) is -0.180. The van der Waals surface area contributed by atoms with Gasteiger partial charge in [-0.2, -0.15) is 5.10 Å². The van der Waals surface area contributed by atoms with E-state index < -0.39 is 0 Å². The maximum Gasteiger partial charge on any atom is 0.267 e. The molecule has 6 nitrogen and oxygen atoms in total. The molecule has 3 aromatic rings. The van der Waals surface area contributed by atoms with Gasteiger partial charge in [0.15, 0.2) is 0 Å². The Bertz CT molecular complexity index is 938. The van der Waals surface area contributed by atoms with Crippen LogP contribution in [-0.4, -0.2) is 27.2 Å². The number of benzene rings is 1. The molecular weight excluding hydrogens is 304 g/mol. The number of fused-ring (bicyclic) bond motifs is 2. The Morgan fingerprint density at radius 3 is 3.00 bits per heavy atom. The molecule has 0 aliphatic heterocycles. The number of carbonyl (C=O) groups is 1. The van der Waals surface area contributed by atoms with Crippen molar-refractivity contribution in [3.8, 4) is 0 Å². The van der Waals surface area contributed by atoms with Crippen LogP contribution in [0.15, 0.2) is 41.2 Å². The van der Waals surface area contributed by atoms with Gasteiger partial charge >= 0.3 is 0 Å². The number of aromatic nitrogens is 3. The lowest BCUT2D eigenvalue weighted by molar-refractivity contribution is 0.0947. The molecule has 4 rings (SSSR count). The topological polar surface area (TPSA) is 79.8 Å². The molecule has 0 atom stereocenters. The van der Waals surface area contributed by atoms with Gasteiger partial charge in [0.1, 0.15) is 5.69 Å². The Morgan fingerprint density at radius 1 is 1.25 bits per heavy atom. The summed E-state index contributed by atoms with van der Waals surface area (Å²) in [6.45, 7) is 0.734. The van der Waals surface area contributed by atoms with Crippen LogP contribution in [0.2, 0.25) is 0 Å². The van der Waals surface area contributed by atoms with Crippen LogP contribution in [-0.2, 0) is 19.4 Å². The van der Waals surface area contributed by atoms with Crippen molar-refractivity contribution in [3.05, 3.63) is 63.7 Å². The number of H-pyrrole nitrogens is 1. The first-order valence-corrected chi connectivity index (χ1v) is 8.16. The van der Waals surface area contributed by atoms with Crippen LogP contribution in [0.25, 0.3) is 10.9 Å². The highest BCUT2D eigenvalue weighted by Gasteiger charge is 2.15. The summed E-state index contributed by atoms with van der Waals surface area (Å²) in [7, 11) is 0. The average Bonchev–Trinajstić information content (AvgIpc) is 3.20. The number of nitrogens with one attached hydrogen (secondary N) is 2. The Labute approximate surface area is 138 Å². The van der Waals surface area contributed by atoms with Gasteiger partial charge in [0.2, 0.25) is 0 Å². The molecule has 0 fully saturated rings. The van der Waals surface area contributed by atoms with Gasteiger partial charge in [0.05, 0.1) is 12.2 Å². The third kappa shape index (κ3) is 2.71. The van der Waals surface area contributed by atoms with E-state index in [2.05, 4.69) is 15.4 Å². The summed E-state index contributed by atoms with van der Waals surface area (Å²) >= 11 is 0. The van der Waals surface area contributed by atoms with Gasteiger partial charge in [0, 0.05) is 23.5 Å². The van der Waals surface area contributed by atoms with E-state index in [0.717, 1.165) is 41.4 Å². The number of amides is 1. The highest BCUT2D eigenvalue weighted by atomic mass is 16.2. The Balaban J connectivity index is 1.42. The molecule has 1 aliphatic rings. The standard InChI is InChI=1S/C18H18N4O2/c23-17-11-13-5-3-7-15(13)21-22(17)9-8-19-18(24)16-10-12-4-1-2-6-14(12)20-16/h1-2,4,6,10-11,20H,3,5,7-9H2,(H,19,24). The van der Waals surface area contributed by atoms with E-state index in [1.54, 1.807) is 6.07 Å². The molecule has 0 spiro atoms. The fraction of sp³-hybridized carbons (Fsp3) is 0.278. The largest absolute Gasteiger partial charge is 0.351 e. The number of nitrogens with zero attached hydrogens (tertiary/aromatic N) is 2. The average molecular weight is 322 g/mol. The predicted molar refractivity (Wildman–Crippen MR) is 91.2 cm³/mol. The van der Waals surface area contributed by atoms with Crippen molar-refractivity contribution in [2.45, 2.75) is 25.8 Å². The van der Waals surface area contributed by atoms with Crippen LogP contribution < -0.4 is 10.9 Å². The lowest BCUT2D eigenvalue weighted by Crippen LogP contribution is -2.32. The van der Waals surface area contributed by atoms with E-state index in [0.29, 0.717) is 18.8 Å². The van der Waals surface area contributed by atoms with Crippen LogP contribution in [0.4, 0.5) is 0 Å². The summed E-state index contributed by atoms with van der Waals surface area (Å²) in [4.78, 5) is 27.3. The van der Waals surface area contributed by atoms with E-state index in [9.17, 15) is 9.59 Å². The summed E-state index contributed by atoms with van der Waals surface area (Å²) in [6.07, 6.45) is 2.93. The molecule has 6 heteroatoms. The van der Waals surface area contributed by atoms with Crippen LogP contribution in [0.5, 0.6) is 0 Å². The van der Waals surface area contributed by atoms with Gasteiger partial charge in [-0.3, -0.25) is 9.59 Å². The highest BCUT2D eigenvalue weighted by Crippen LogP contribution is 2.17.